The second-order valence-corrected chi connectivity index (χ2v) is 4.36. The van der Waals surface area contributed by atoms with Crippen LogP contribution in [0.5, 0.6) is 0 Å². The third-order valence-corrected chi connectivity index (χ3v) is 3.23. The maximum absolute atomic E-state index is 5.41. The Morgan fingerprint density at radius 3 is 2.67 bits per heavy atom. The van der Waals surface area contributed by atoms with Crippen molar-refractivity contribution in [1.82, 2.24) is 4.90 Å². The van der Waals surface area contributed by atoms with E-state index in [1.807, 2.05) is 7.11 Å². The maximum Gasteiger partial charge on any atom is 0.0713 e. The first kappa shape index (κ1) is 10.7. The normalized spacial score (nSPS) is 27.1. The number of likely N-dealkylation sites (tertiary alicyclic amines) is 1. The van der Waals surface area contributed by atoms with Gasteiger partial charge in [-0.15, -0.1) is 0 Å². The SMILES string of the molecule is COC1CC(C)N(Cc2ccccc2)C1. The zero-order valence-corrected chi connectivity index (χ0v) is 9.52. The van der Waals surface area contributed by atoms with Crippen LogP contribution in [0.4, 0.5) is 0 Å². The minimum absolute atomic E-state index is 0.420. The molecule has 2 atom stereocenters. The molecule has 0 aliphatic carbocycles. The second kappa shape index (κ2) is 4.77. The first-order valence-corrected chi connectivity index (χ1v) is 5.60. The molecule has 0 radical (unpaired) electrons. The van der Waals surface area contributed by atoms with Crippen LogP contribution in [0, 0.1) is 0 Å². The van der Waals surface area contributed by atoms with Gasteiger partial charge in [-0.3, -0.25) is 4.90 Å². The molecule has 2 unspecified atom stereocenters. The van der Waals surface area contributed by atoms with E-state index in [4.69, 9.17) is 4.74 Å². The Labute approximate surface area is 91.9 Å². The zero-order chi connectivity index (χ0) is 10.7. The smallest absolute Gasteiger partial charge is 0.0713 e. The minimum atomic E-state index is 0.420. The van der Waals surface area contributed by atoms with Crippen LogP contribution in [0.1, 0.15) is 18.9 Å². The number of ether oxygens (including phenoxy) is 1. The van der Waals surface area contributed by atoms with E-state index in [0.717, 1.165) is 19.5 Å². The predicted molar refractivity (Wildman–Crippen MR) is 61.7 cm³/mol. The first-order valence-electron chi connectivity index (χ1n) is 5.60. The third kappa shape index (κ3) is 2.58. The summed E-state index contributed by atoms with van der Waals surface area (Å²) in [5, 5.41) is 0. The lowest BCUT2D eigenvalue weighted by Crippen LogP contribution is -2.27. The lowest BCUT2D eigenvalue weighted by atomic mass is 10.2. The molecule has 0 bridgehead atoms. The number of benzene rings is 1. The van der Waals surface area contributed by atoms with Crippen LogP contribution >= 0.6 is 0 Å². The van der Waals surface area contributed by atoms with Gasteiger partial charge in [0.05, 0.1) is 6.10 Å². The van der Waals surface area contributed by atoms with Crippen LogP contribution in [0.25, 0.3) is 0 Å². The largest absolute Gasteiger partial charge is 0.380 e. The Morgan fingerprint density at radius 1 is 1.33 bits per heavy atom. The monoisotopic (exact) mass is 205 g/mol. The molecule has 0 aromatic heterocycles. The van der Waals surface area contributed by atoms with Gasteiger partial charge < -0.3 is 4.74 Å². The highest BCUT2D eigenvalue weighted by molar-refractivity contribution is 5.14. The van der Waals surface area contributed by atoms with E-state index in [0.29, 0.717) is 12.1 Å². The van der Waals surface area contributed by atoms with Crippen LogP contribution in [0.15, 0.2) is 30.3 Å². The van der Waals surface area contributed by atoms with E-state index in [9.17, 15) is 0 Å². The Hall–Kier alpha value is -0.860. The summed E-state index contributed by atoms with van der Waals surface area (Å²) >= 11 is 0. The summed E-state index contributed by atoms with van der Waals surface area (Å²) in [7, 11) is 1.81. The lowest BCUT2D eigenvalue weighted by molar-refractivity contribution is 0.107. The van der Waals surface area contributed by atoms with E-state index >= 15 is 0 Å². The van der Waals surface area contributed by atoms with Crippen molar-refractivity contribution >= 4 is 0 Å². The highest BCUT2D eigenvalue weighted by Crippen LogP contribution is 2.21. The first-order chi connectivity index (χ1) is 7.29. The van der Waals surface area contributed by atoms with Gasteiger partial charge in [0.1, 0.15) is 0 Å². The Kier molecular flexibility index (Phi) is 3.39. The molecule has 15 heavy (non-hydrogen) atoms. The van der Waals surface area contributed by atoms with Gasteiger partial charge in [0.15, 0.2) is 0 Å². The van der Waals surface area contributed by atoms with Gasteiger partial charge in [-0.2, -0.15) is 0 Å². The fourth-order valence-electron chi connectivity index (χ4n) is 2.25. The number of hydrogen-bond donors (Lipinski definition) is 0. The van der Waals surface area contributed by atoms with Crippen molar-refractivity contribution in [3.05, 3.63) is 35.9 Å². The highest BCUT2D eigenvalue weighted by atomic mass is 16.5. The summed E-state index contributed by atoms with van der Waals surface area (Å²) in [6, 6.07) is 11.3. The van der Waals surface area contributed by atoms with Gasteiger partial charge in [0, 0.05) is 26.2 Å². The molecule has 1 fully saturated rings. The molecule has 0 amide bonds. The number of rotatable bonds is 3. The Bertz CT molecular complexity index is 299. The molecule has 1 aliphatic rings. The van der Waals surface area contributed by atoms with Crippen molar-refractivity contribution in [1.29, 1.82) is 0 Å². The van der Waals surface area contributed by atoms with Crippen molar-refractivity contribution in [3.63, 3.8) is 0 Å². The van der Waals surface area contributed by atoms with Gasteiger partial charge in [-0.05, 0) is 18.9 Å². The summed E-state index contributed by atoms with van der Waals surface area (Å²) in [5.41, 5.74) is 1.39. The van der Waals surface area contributed by atoms with E-state index in [-0.39, 0.29) is 0 Å². The summed E-state index contributed by atoms with van der Waals surface area (Å²) < 4.78 is 5.41. The molecule has 1 heterocycles. The molecule has 0 saturated carbocycles. The average Bonchev–Trinajstić information content (AvgIpc) is 2.61. The van der Waals surface area contributed by atoms with Crippen LogP contribution in [-0.2, 0) is 11.3 Å². The van der Waals surface area contributed by atoms with E-state index in [2.05, 4.69) is 42.2 Å². The van der Waals surface area contributed by atoms with Gasteiger partial charge in [0.25, 0.3) is 0 Å². The van der Waals surface area contributed by atoms with E-state index in [1.54, 1.807) is 0 Å². The van der Waals surface area contributed by atoms with Crippen LogP contribution in [0.3, 0.4) is 0 Å². The van der Waals surface area contributed by atoms with Gasteiger partial charge in [0.2, 0.25) is 0 Å². The van der Waals surface area contributed by atoms with Crippen LogP contribution < -0.4 is 0 Å². The summed E-state index contributed by atoms with van der Waals surface area (Å²) in [4.78, 5) is 2.49. The molecule has 1 aliphatic heterocycles. The molecule has 2 heteroatoms. The van der Waals surface area contributed by atoms with Crippen molar-refractivity contribution in [3.8, 4) is 0 Å². The quantitative estimate of drug-likeness (QED) is 0.750. The molecule has 82 valence electrons. The fraction of sp³-hybridized carbons (Fsp3) is 0.538. The van der Waals surface area contributed by atoms with Crippen molar-refractivity contribution in [2.45, 2.75) is 32.0 Å². The van der Waals surface area contributed by atoms with Gasteiger partial charge >= 0.3 is 0 Å². The number of hydrogen-bond acceptors (Lipinski definition) is 2. The predicted octanol–water partition coefficient (Wildman–Crippen LogP) is 2.30. The van der Waals surface area contributed by atoms with Crippen LogP contribution in [0.2, 0.25) is 0 Å². The topological polar surface area (TPSA) is 12.5 Å². The number of methoxy groups -OCH3 is 1. The minimum Gasteiger partial charge on any atom is -0.380 e. The van der Waals surface area contributed by atoms with Gasteiger partial charge in [-0.25, -0.2) is 0 Å². The summed E-state index contributed by atoms with van der Waals surface area (Å²) in [6.07, 6.45) is 1.58. The fourth-order valence-corrected chi connectivity index (χ4v) is 2.25. The average molecular weight is 205 g/mol. The van der Waals surface area contributed by atoms with E-state index in [1.165, 1.54) is 5.56 Å². The number of nitrogens with zero attached hydrogens (tertiary/aromatic N) is 1. The van der Waals surface area contributed by atoms with Crippen LogP contribution in [-0.4, -0.2) is 30.7 Å². The standard InChI is InChI=1S/C13H19NO/c1-11-8-13(15-2)10-14(11)9-12-6-4-3-5-7-12/h3-7,11,13H,8-10H2,1-2H3. The molecule has 1 saturated heterocycles. The molecular weight excluding hydrogens is 186 g/mol. The summed E-state index contributed by atoms with van der Waals surface area (Å²) in [6.45, 7) is 4.39. The van der Waals surface area contributed by atoms with E-state index < -0.39 is 0 Å². The molecule has 0 spiro atoms. The second-order valence-electron chi connectivity index (χ2n) is 4.36. The maximum atomic E-state index is 5.41. The van der Waals surface area contributed by atoms with Crippen molar-refractivity contribution < 1.29 is 4.74 Å². The highest BCUT2D eigenvalue weighted by Gasteiger charge is 2.28. The molecule has 2 nitrogen and oxygen atoms in total. The van der Waals surface area contributed by atoms with Gasteiger partial charge in [-0.1, -0.05) is 30.3 Å². The van der Waals surface area contributed by atoms with Crippen molar-refractivity contribution in [2.24, 2.45) is 0 Å². The zero-order valence-electron chi connectivity index (χ0n) is 9.52. The molecule has 1 aromatic carbocycles. The molecule has 1 aromatic rings. The third-order valence-electron chi connectivity index (χ3n) is 3.23. The summed E-state index contributed by atoms with van der Waals surface area (Å²) in [5.74, 6) is 0. The lowest BCUT2D eigenvalue weighted by Gasteiger charge is -2.20. The molecule has 0 N–H and O–H groups in total. The van der Waals surface area contributed by atoms with Crippen molar-refractivity contribution in [2.75, 3.05) is 13.7 Å². The Balaban J connectivity index is 1.96. The molecular formula is C13H19NO. The Morgan fingerprint density at radius 2 is 2.07 bits per heavy atom. The molecule has 2 rings (SSSR count).